The number of carbonyl (C=O) groups is 1. The number of benzene rings is 2. The Morgan fingerprint density at radius 2 is 1.72 bits per heavy atom. The first kappa shape index (κ1) is 21.5. The van der Waals surface area contributed by atoms with Crippen LogP contribution in [0.1, 0.15) is 30.9 Å². The van der Waals surface area contributed by atoms with Crippen LogP contribution in [0.5, 0.6) is 0 Å². The zero-order valence-corrected chi connectivity index (χ0v) is 17.9. The first-order chi connectivity index (χ1) is 13.9. The molecule has 0 atom stereocenters. The second-order valence-electron chi connectivity index (χ2n) is 7.53. The van der Waals surface area contributed by atoms with Crippen LogP contribution in [0, 0.1) is 0 Å². The van der Waals surface area contributed by atoms with Crippen molar-refractivity contribution in [3.63, 3.8) is 0 Å². The fourth-order valence-corrected chi connectivity index (χ4v) is 5.07. The number of amides is 1. The second kappa shape index (κ2) is 9.52. The van der Waals surface area contributed by atoms with Crippen molar-refractivity contribution in [2.75, 3.05) is 32.0 Å². The van der Waals surface area contributed by atoms with Gasteiger partial charge in [0.1, 0.15) is 0 Å². The Bertz CT molecular complexity index is 936. The van der Waals surface area contributed by atoms with E-state index in [0.717, 1.165) is 24.8 Å². The van der Waals surface area contributed by atoms with E-state index in [-0.39, 0.29) is 17.3 Å². The summed E-state index contributed by atoms with van der Waals surface area (Å²) in [6.07, 6.45) is 2.79. The van der Waals surface area contributed by atoms with Crippen LogP contribution in [0.4, 0.5) is 5.69 Å². The molecule has 0 radical (unpaired) electrons. The minimum Gasteiger partial charge on any atom is -0.325 e. The summed E-state index contributed by atoms with van der Waals surface area (Å²) in [5, 5.41) is 2.82. The van der Waals surface area contributed by atoms with E-state index in [4.69, 9.17) is 0 Å². The number of rotatable bonds is 8. The van der Waals surface area contributed by atoms with Gasteiger partial charge in [0.15, 0.2) is 0 Å². The highest BCUT2D eigenvalue weighted by Crippen LogP contribution is 2.23. The van der Waals surface area contributed by atoms with Gasteiger partial charge in [0.25, 0.3) is 0 Å². The number of hydrogen-bond donors (Lipinski definition) is 1. The van der Waals surface area contributed by atoms with Gasteiger partial charge < -0.3 is 5.32 Å². The molecule has 0 aromatic heterocycles. The van der Waals surface area contributed by atoms with Gasteiger partial charge in [0.2, 0.25) is 15.9 Å². The van der Waals surface area contributed by atoms with E-state index in [9.17, 15) is 13.2 Å². The summed E-state index contributed by atoms with van der Waals surface area (Å²) < 4.78 is 26.9. The molecule has 156 valence electrons. The summed E-state index contributed by atoms with van der Waals surface area (Å²) >= 11 is 0. The fraction of sp³-hybridized carbons (Fsp3) is 0.409. The standard InChI is InChI=1S/C22H29N3O3S/c1-3-18-9-11-19(12-10-18)16-24(2)17-22(26)23-20-7-6-8-21(15-20)29(27,28)25-13-4-5-14-25/h6-12,15H,3-5,13-14,16-17H2,1-2H3,(H,23,26). The van der Waals surface area contributed by atoms with Gasteiger partial charge in [0, 0.05) is 25.3 Å². The number of carbonyl (C=O) groups excluding carboxylic acids is 1. The van der Waals surface area contributed by atoms with Crippen LogP contribution in [0.2, 0.25) is 0 Å². The molecule has 6 nitrogen and oxygen atoms in total. The van der Waals surface area contributed by atoms with Crippen molar-refractivity contribution in [1.29, 1.82) is 0 Å². The summed E-state index contributed by atoms with van der Waals surface area (Å²) in [7, 11) is -1.60. The molecule has 0 unspecified atom stereocenters. The monoisotopic (exact) mass is 415 g/mol. The number of nitrogens with one attached hydrogen (secondary N) is 1. The molecule has 7 heteroatoms. The first-order valence-electron chi connectivity index (χ1n) is 10.0. The smallest absolute Gasteiger partial charge is 0.243 e. The second-order valence-corrected chi connectivity index (χ2v) is 9.47. The third kappa shape index (κ3) is 5.65. The minimum atomic E-state index is -3.49. The van der Waals surface area contributed by atoms with Crippen LogP contribution >= 0.6 is 0 Å². The lowest BCUT2D eigenvalue weighted by molar-refractivity contribution is -0.117. The number of aryl methyl sites for hydroxylation is 1. The SMILES string of the molecule is CCc1ccc(CN(C)CC(=O)Nc2cccc(S(=O)(=O)N3CCCC3)c2)cc1. The van der Waals surface area contributed by atoms with E-state index >= 15 is 0 Å². The molecule has 1 heterocycles. The lowest BCUT2D eigenvalue weighted by atomic mass is 10.1. The molecule has 2 aromatic rings. The van der Waals surface area contributed by atoms with Gasteiger partial charge in [0.05, 0.1) is 11.4 Å². The van der Waals surface area contributed by atoms with Crippen LogP contribution in [0.3, 0.4) is 0 Å². The zero-order chi connectivity index (χ0) is 20.9. The Kier molecular flexibility index (Phi) is 7.05. The van der Waals surface area contributed by atoms with Crippen LogP contribution in [0.15, 0.2) is 53.4 Å². The van der Waals surface area contributed by atoms with Crippen molar-refractivity contribution in [2.24, 2.45) is 0 Å². The number of sulfonamides is 1. The Balaban J connectivity index is 1.58. The van der Waals surface area contributed by atoms with E-state index in [2.05, 4.69) is 36.5 Å². The molecule has 0 aliphatic carbocycles. The lowest BCUT2D eigenvalue weighted by Gasteiger charge is -2.18. The molecular weight excluding hydrogens is 386 g/mol. The maximum absolute atomic E-state index is 12.7. The molecule has 0 saturated carbocycles. The van der Waals surface area contributed by atoms with Crippen molar-refractivity contribution in [1.82, 2.24) is 9.21 Å². The normalized spacial score (nSPS) is 15.0. The van der Waals surface area contributed by atoms with E-state index in [1.165, 1.54) is 15.9 Å². The van der Waals surface area contributed by atoms with Crippen molar-refractivity contribution >= 4 is 21.6 Å². The number of nitrogens with zero attached hydrogens (tertiary/aromatic N) is 2. The molecule has 3 rings (SSSR count). The van der Waals surface area contributed by atoms with Crippen LogP contribution in [-0.2, 0) is 27.8 Å². The average Bonchev–Trinajstić information content (AvgIpc) is 3.24. The minimum absolute atomic E-state index is 0.173. The molecule has 2 aromatic carbocycles. The Morgan fingerprint density at radius 1 is 1.07 bits per heavy atom. The number of likely N-dealkylation sites (N-methyl/N-ethyl adjacent to an activating group) is 1. The maximum atomic E-state index is 12.7. The van der Waals surface area contributed by atoms with Gasteiger partial charge in [-0.15, -0.1) is 0 Å². The Hall–Kier alpha value is -2.22. The van der Waals surface area contributed by atoms with Gasteiger partial charge in [-0.2, -0.15) is 4.31 Å². The van der Waals surface area contributed by atoms with Crippen LogP contribution in [-0.4, -0.2) is 50.2 Å². The quantitative estimate of drug-likeness (QED) is 0.719. The Morgan fingerprint density at radius 3 is 2.38 bits per heavy atom. The average molecular weight is 416 g/mol. The van der Waals surface area contributed by atoms with E-state index in [1.807, 2.05) is 11.9 Å². The van der Waals surface area contributed by atoms with E-state index < -0.39 is 10.0 Å². The van der Waals surface area contributed by atoms with Crippen LogP contribution in [0.25, 0.3) is 0 Å². The van der Waals surface area contributed by atoms with Gasteiger partial charge in [-0.3, -0.25) is 9.69 Å². The highest BCUT2D eigenvalue weighted by molar-refractivity contribution is 7.89. The predicted molar refractivity (Wildman–Crippen MR) is 115 cm³/mol. The van der Waals surface area contributed by atoms with Gasteiger partial charge in [-0.1, -0.05) is 37.3 Å². The van der Waals surface area contributed by atoms with Gasteiger partial charge >= 0.3 is 0 Å². The van der Waals surface area contributed by atoms with Gasteiger partial charge in [-0.25, -0.2) is 8.42 Å². The van der Waals surface area contributed by atoms with E-state index in [1.54, 1.807) is 18.2 Å². The molecule has 1 aliphatic heterocycles. The topological polar surface area (TPSA) is 69.7 Å². The summed E-state index contributed by atoms with van der Waals surface area (Å²) in [6, 6.07) is 14.9. The highest BCUT2D eigenvalue weighted by atomic mass is 32.2. The third-order valence-corrected chi connectivity index (χ3v) is 7.01. The molecule has 0 bridgehead atoms. The number of hydrogen-bond acceptors (Lipinski definition) is 4. The summed E-state index contributed by atoms with van der Waals surface area (Å²) in [6.45, 7) is 4.13. The fourth-order valence-electron chi connectivity index (χ4n) is 3.51. The molecule has 0 spiro atoms. The highest BCUT2D eigenvalue weighted by Gasteiger charge is 2.27. The third-order valence-electron chi connectivity index (χ3n) is 5.12. The number of anilines is 1. The summed E-state index contributed by atoms with van der Waals surface area (Å²) in [4.78, 5) is 14.6. The molecular formula is C22H29N3O3S. The zero-order valence-electron chi connectivity index (χ0n) is 17.1. The molecule has 29 heavy (non-hydrogen) atoms. The van der Waals surface area contributed by atoms with Crippen molar-refractivity contribution < 1.29 is 13.2 Å². The molecule has 1 aliphatic rings. The maximum Gasteiger partial charge on any atom is 0.243 e. The molecule has 1 N–H and O–H groups in total. The molecule has 1 amide bonds. The van der Waals surface area contributed by atoms with Crippen molar-refractivity contribution in [3.05, 3.63) is 59.7 Å². The Labute approximate surface area is 173 Å². The first-order valence-corrected chi connectivity index (χ1v) is 11.5. The summed E-state index contributed by atoms with van der Waals surface area (Å²) in [5.74, 6) is -0.173. The van der Waals surface area contributed by atoms with Crippen LogP contribution < -0.4 is 5.32 Å². The van der Waals surface area contributed by atoms with Crippen molar-refractivity contribution in [2.45, 2.75) is 37.6 Å². The molecule has 1 fully saturated rings. The lowest BCUT2D eigenvalue weighted by Crippen LogP contribution is -2.30. The largest absolute Gasteiger partial charge is 0.325 e. The predicted octanol–water partition coefficient (Wildman–Crippen LogP) is 3.10. The molecule has 1 saturated heterocycles. The van der Waals surface area contributed by atoms with E-state index in [0.29, 0.717) is 25.3 Å². The van der Waals surface area contributed by atoms with Gasteiger partial charge in [-0.05, 0) is 55.6 Å². The van der Waals surface area contributed by atoms with Crippen molar-refractivity contribution in [3.8, 4) is 0 Å². The summed E-state index contributed by atoms with van der Waals surface area (Å²) in [5.41, 5.74) is 2.94.